The molecular formula is C27H31O3P. The Morgan fingerprint density at radius 1 is 0.935 bits per heavy atom. The Labute approximate surface area is 185 Å². The van der Waals surface area contributed by atoms with E-state index in [9.17, 15) is 14.2 Å². The largest absolute Gasteiger partial charge is 0.302 e. The average Bonchev–Trinajstić information content (AvgIpc) is 2.70. The van der Waals surface area contributed by atoms with Crippen molar-refractivity contribution in [3.05, 3.63) is 88.0 Å². The maximum atomic E-state index is 14.7. The zero-order chi connectivity index (χ0) is 23.1. The van der Waals surface area contributed by atoms with Gasteiger partial charge in [0.2, 0.25) is 18.2 Å². The number of carbonyl (C=O) groups is 2. The second-order valence-corrected chi connectivity index (χ2v) is 11.6. The first-order chi connectivity index (χ1) is 14.4. The first kappa shape index (κ1) is 23.2. The third-order valence-corrected chi connectivity index (χ3v) is 9.57. The van der Waals surface area contributed by atoms with Crippen LogP contribution < -0.4 is 5.30 Å². The standard InChI is InChI=1S/C27H31O3P/c1-17-13-19(3)24(20(4)14-17)25(28)31(30,23-11-9-8-10-12-23)26(29)27(7)21(5)15-18(2)16-22(27)6/h8-16,21H,1-7H3. The van der Waals surface area contributed by atoms with Crippen molar-refractivity contribution in [3.8, 4) is 0 Å². The molecule has 0 spiro atoms. The first-order valence-electron chi connectivity index (χ1n) is 10.6. The molecule has 1 aliphatic carbocycles. The molecule has 2 aromatic carbocycles. The van der Waals surface area contributed by atoms with E-state index in [1.54, 1.807) is 30.3 Å². The molecule has 0 radical (unpaired) electrons. The van der Waals surface area contributed by atoms with Crippen molar-refractivity contribution >= 4 is 23.5 Å². The molecule has 3 unspecified atom stereocenters. The molecular weight excluding hydrogens is 403 g/mol. The van der Waals surface area contributed by atoms with Crippen LogP contribution in [-0.2, 0) is 9.36 Å². The summed E-state index contributed by atoms with van der Waals surface area (Å²) in [5.41, 5.74) is 2.76. The molecule has 3 rings (SSSR count). The molecule has 0 aliphatic heterocycles. The summed E-state index contributed by atoms with van der Waals surface area (Å²) in [6.45, 7) is 13.3. The van der Waals surface area contributed by atoms with E-state index in [2.05, 4.69) is 0 Å². The minimum Gasteiger partial charge on any atom is -0.302 e. The highest BCUT2D eigenvalue weighted by molar-refractivity contribution is 8.00. The van der Waals surface area contributed by atoms with Gasteiger partial charge in [0.1, 0.15) is 0 Å². The van der Waals surface area contributed by atoms with Gasteiger partial charge in [-0.1, -0.05) is 78.3 Å². The summed E-state index contributed by atoms with van der Waals surface area (Å²) in [5, 5.41) is 0.303. The fourth-order valence-corrected chi connectivity index (χ4v) is 7.74. The summed E-state index contributed by atoms with van der Waals surface area (Å²) in [6.07, 6.45) is 3.98. The van der Waals surface area contributed by atoms with Gasteiger partial charge in [-0.15, -0.1) is 0 Å². The lowest BCUT2D eigenvalue weighted by atomic mass is 9.70. The van der Waals surface area contributed by atoms with Gasteiger partial charge in [0.25, 0.3) is 0 Å². The number of benzene rings is 2. The smallest absolute Gasteiger partial charge is 0.244 e. The number of hydrogen-bond donors (Lipinski definition) is 0. The molecule has 0 bridgehead atoms. The van der Waals surface area contributed by atoms with Gasteiger partial charge in [0.05, 0.1) is 5.41 Å². The lowest BCUT2D eigenvalue weighted by Crippen LogP contribution is -2.40. The van der Waals surface area contributed by atoms with Crippen LogP contribution in [0.15, 0.2) is 65.8 Å². The molecule has 4 heteroatoms. The van der Waals surface area contributed by atoms with Crippen molar-refractivity contribution < 1.29 is 14.2 Å². The van der Waals surface area contributed by atoms with E-state index in [4.69, 9.17) is 0 Å². The SMILES string of the molecule is CC1=CC(C)C(C)(C(=O)P(=O)(C(=O)c2c(C)cc(C)cc2C)c2ccccc2)C(C)=C1. The number of hydrogen-bond acceptors (Lipinski definition) is 3. The average molecular weight is 435 g/mol. The molecule has 31 heavy (non-hydrogen) atoms. The fraction of sp³-hybridized carbons (Fsp3) is 0.333. The minimum absolute atomic E-state index is 0.171. The van der Waals surface area contributed by atoms with Gasteiger partial charge in [0.15, 0.2) is 0 Å². The lowest BCUT2D eigenvalue weighted by Gasteiger charge is -2.39. The highest BCUT2D eigenvalue weighted by Gasteiger charge is 2.54. The van der Waals surface area contributed by atoms with E-state index in [0.717, 1.165) is 27.8 Å². The summed E-state index contributed by atoms with van der Waals surface area (Å²) in [4.78, 5) is 28.2. The highest BCUT2D eigenvalue weighted by Crippen LogP contribution is 2.58. The van der Waals surface area contributed by atoms with Gasteiger partial charge in [-0.3, -0.25) is 9.59 Å². The van der Waals surface area contributed by atoms with Crippen LogP contribution in [0, 0.1) is 32.1 Å². The Balaban J connectivity index is 2.28. The quantitative estimate of drug-likeness (QED) is 0.504. The van der Waals surface area contributed by atoms with Crippen LogP contribution in [-0.4, -0.2) is 11.0 Å². The maximum absolute atomic E-state index is 14.7. The topological polar surface area (TPSA) is 51.2 Å². The summed E-state index contributed by atoms with van der Waals surface area (Å²) >= 11 is 0. The number of carbonyl (C=O) groups excluding carboxylic acids is 2. The van der Waals surface area contributed by atoms with E-state index < -0.39 is 23.6 Å². The molecule has 3 atom stereocenters. The van der Waals surface area contributed by atoms with Crippen LogP contribution in [0.5, 0.6) is 0 Å². The van der Waals surface area contributed by atoms with Crippen LogP contribution >= 0.6 is 7.14 Å². The monoisotopic (exact) mass is 434 g/mol. The minimum atomic E-state index is -4.12. The van der Waals surface area contributed by atoms with Gasteiger partial charge in [-0.25, -0.2) is 0 Å². The molecule has 0 heterocycles. The second kappa shape index (κ2) is 8.20. The zero-order valence-corrected chi connectivity index (χ0v) is 20.3. The molecule has 3 nitrogen and oxygen atoms in total. The molecule has 0 saturated carbocycles. The second-order valence-electron chi connectivity index (χ2n) is 9.06. The van der Waals surface area contributed by atoms with Gasteiger partial charge in [-0.2, -0.15) is 0 Å². The van der Waals surface area contributed by atoms with Crippen molar-refractivity contribution in [1.82, 2.24) is 0 Å². The maximum Gasteiger partial charge on any atom is 0.244 e. The normalized spacial score (nSPS) is 22.9. The molecule has 0 N–H and O–H groups in total. The Morgan fingerprint density at radius 2 is 1.48 bits per heavy atom. The van der Waals surface area contributed by atoms with Crippen LogP contribution in [0.4, 0.5) is 0 Å². The third kappa shape index (κ3) is 3.70. The van der Waals surface area contributed by atoms with E-state index in [0.29, 0.717) is 10.9 Å². The van der Waals surface area contributed by atoms with Gasteiger partial charge < -0.3 is 4.57 Å². The number of aryl methyl sites for hydroxylation is 3. The molecule has 0 amide bonds. The summed E-state index contributed by atoms with van der Waals surface area (Å²) < 4.78 is 14.7. The molecule has 162 valence electrons. The number of rotatable bonds is 5. The van der Waals surface area contributed by atoms with E-state index >= 15 is 0 Å². The van der Waals surface area contributed by atoms with Crippen LogP contribution in [0.25, 0.3) is 0 Å². The van der Waals surface area contributed by atoms with Gasteiger partial charge >= 0.3 is 0 Å². The van der Waals surface area contributed by atoms with Crippen LogP contribution in [0.2, 0.25) is 0 Å². The van der Waals surface area contributed by atoms with Gasteiger partial charge in [0, 0.05) is 10.9 Å². The predicted octanol–water partition coefficient (Wildman–Crippen LogP) is 6.52. The van der Waals surface area contributed by atoms with E-state index in [1.165, 1.54) is 0 Å². The van der Waals surface area contributed by atoms with Crippen molar-refractivity contribution in [3.63, 3.8) is 0 Å². The molecule has 2 aromatic rings. The predicted molar refractivity (Wildman–Crippen MR) is 128 cm³/mol. The molecule has 1 aliphatic rings. The van der Waals surface area contributed by atoms with Crippen molar-refractivity contribution in [2.24, 2.45) is 11.3 Å². The van der Waals surface area contributed by atoms with Crippen LogP contribution in [0.1, 0.15) is 54.7 Å². The first-order valence-corrected chi connectivity index (χ1v) is 12.3. The van der Waals surface area contributed by atoms with Gasteiger partial charge in [-0.05, 0) is 58.6 Å². The van der Waals surface area contributed by atoms with Crippen molar-refractivity contribution in [1.29, 1.82) is 0 Å². The summed E-state index contributed by atoms with van der Waals surface area (Å²) in [5.74, 6) is -0.171. The Hall–Kier alpha value is -2.51. The highest BCUT2D eigenvalue weighted by atomic mass is 31.2. The van der Waals surface area contributed by atoms with E-state index in [-0.39, 0.29) is 5.92 Å². The third-order valence-electron chi connectivity index (χ3n) is 6.71. The summed E-state index contributed by atoms with van der Waals surface area (Å²) in [7, 11) is -4.12. The number of allylic oxidation sites excluding steroid dienone is 4. The van der Waals surface area contributed by atoms with Crippen molar-refractivity contribution in [2.45, 2.75) is 48.5 Å². The lowest BCUT2D eigenvalue weighted by molar-refractivity contribution is -0.119. The Morgan fingerprint density at radius 3 is 2.00 bits per heavy atom. The molecule has 0 aromatic heterocycles. The van der Waals surface area contributed by atoms with Crippen LogP contribution in [0.3, 0.4) is 0 Å². The Kier molecular flexibility index (Phi) is 6.13. The van der Waals surface area contributed by atoms with Crippen molar-refractivity contribution in [2.75, 3.05) is 0 Å². The summed E-state index contributed by atoms with van der Waals surface area (Å²) in [6, 6.07) is 12.4. The molecule has 0 fully saturated rings. The Bertz CT molecular complexity index is 1150. The zero-order valence-electron chi connectivity index (χ0n) is 19.4. The fourth-order valence-electron chi connectivity index (χ4n) is 4.79. The van der Waals surface area contributed by atoms with E-state index in [1.807, 2.05) is 72.8 Å². The molecule has 0 saturated heterocycles.